The zero-order chi connectivity index (χ0) is 20.7. The minimum absolute atomic E-state index is 0.0635. The maximum absolute atomic E-state index is 12.5. The van der Waals surface area contributed by atoms with Crippen LogP contribution in [0.3, 0.4) is 0 Å². The van der Waals surface area contributed by atoms with E-state index in [2.05, 4.69) is 10.5 Å². The normalized spacial score (nSPS) is 14.9. The summed E-state index contributed by atoms with van der Waals surface area (Å²) in [5.41, 5.74) is 8.31. The predicted molar refractivity (Wildman–Crippen MR) is 107 cm³/mol. The molecule has 0 atom stereocenters. The number of hydrogen-bond donors (Lipinski definition) is 2. The molecule has 0 radical (unpaired) electrons. The Morgan fingerprint density at radius 2 is 1.97 bits per heavy atom. The average Bonchev–Trinajstić information content (AvgIpc) is 3.25. The first-order valence-electron chi connectivity index (χ1n) is 9.54. The molecule has 1 aromatic carbocycles. The zero-order valence-electron chi connectivity index (χ0n) is 16.6. The highest BCUT2D eigenvalue weighted by atomic mass is 16.4. The van der Waals surface area contributed by atoms with Crippen LogP contribution in [0.5, 0.6) is 0 Å². The highest BCUT2D eigenvalue weighted by molar-refractivity contribution is 6.06. The van der Waals surface area contributed by atoms with E-state index in [0.717, 1.165) is 34.1 Å². The molecule has 7 heteroatoms. The number of carboxylic acid groups (broad SMARTS) is 1. The number of aromatic carboxylic acids is 1. The molecule has 0 saturated heterocycles. The van der Waals surface area contributed by atoms with Crippen LogP contribution in [0.15, 0.2) is 32.3 Å². The van der Waals surface area contributed by atoms with Gasteiger partial charge in [0.1, 0.15) is 11.3 Å². The topological polar surface area (TPSA) is 105 Å². The van der Waals surface area contributed by atoms with E-state index in [1.807, 2.05) is 26.0 Å². The summed E-state index contributed by atoms with van der Waals surface area (Å²) in [6, 6.07) is 3.98. The van der Waals surface area contributed by atoms with Gasteiger partial charge < -0.3 is 13.9 Å². The van der Waals surface area contributed by atoms with Crippen LogP contribution in [0.2, 0.25) is 0 Å². The van der Waals surface area contributed by atoms with Gasteiger partial charge in [-0.15, -0.1) is 0 Å². The lowest BCUT2D eigenvalue weighted by Crippen LogP contribution is -2.23. The van der Waals surface area contributed by atoms with E-state index in [1.54, 1.807) is 13.2 Å². The number of carbonyl (C=O) groups is 2. The van der Waals surface area contributed by atoms with Gasteiger partial charge in [0, 0.05) is 28.5 Å². The van der Waals surface area contributed by atoms with E-state index in [1.165, 1.54) is 0 Å². The molecular formula is C22H22N2O5. The molecule has 2 heterocycles. The quantitative estimate of drug-likeness (QED) is 0.650. The Labute approximate surface area is 167 Å². The summed E-state index contributed by atoms with van der Waals surface area (Å²) in [6.07, 6.45) is 3.86. The van der Waals surface area contributed by atoms with E-state index in [4.69, 9.17) is 8.83 Å². The third-order valence-electron chi connectivity index (χ3n) is 5.53. The Morgan fingerprint density at radius 1 is 1.17 bits per heavy atom. The number of furan rings is 2. The summed E-state index contributed by atoms with van der Waals surface area (Å²) in [6.45, 7) is 5.72. The molecule has 0 unspecified atom stereocenters. The molecule has 1 amide bonds. The SMILES string of the molecule is Cc1ccc2c(CC(=O)N/N=C3\CCCc4oc(C(=O)O)c(C)c43)coc2c1C. The van der Waals surface area contributed by atoms with Crippen molar-refractivity contribution in [3.63, 3.8) is 0 Å². The number of carbonyl (C=O) groups excluding carboxylic acids is 1. The highest BCUT2D eigenvalue weighted by Gasteiger charge is 2.27. The lowest BCUT2D eigenvalue weighted by Gasteiger charge is -2.13. The fraction of sp³-hybridized carbons (Fsp3) is 0.318. The van der Waals surface area contributed by atoms with Gasteiger partial charge in [0.25, 0.3) is 0 Å². The van der Waals surface area contributed by atoms with Gasteiger partial charge in [0.05, 0.1) is 18.4 Å². The van der Waals surface area contributed by atoms with Crippen LogP contribution in [0.1, 0.15) is 57.0 Å². The molecule has 4 rings (SSSR count). The largest absolute Gasteiger partial charge is 0.475 e. The van der Waals surface area contributed by atoms with Crippen molar-refractivity contribution >= 4 is 28.6 Å². The summed E-state index contributed by atoms with van der Waals surface area (Å²) < 4.78 is 11.1. The Hall–Kier alpha value is -3.35. The van der Waals surface area contributed by atoms with Crippen molar-refractivity contribution in [2.24, 2.45) is 5.10 Å². The van der Waals surface area contributed by atoms with Crippen molar-refractivity contribution in [3.8, 4) is 0 Å². The van der Waals surface area contributed by atoms with Crippen LogP contribution in [0.4, 0.5) is 0 Å². The van der Waals surface area contributed by atoms with Crippen molar-refractivity contribution in [1.82, 2.24) is 5.43 Å². The number of hydrogen-bond acceptors (Lipinski definition) is 5. The number of benzene rings is 1. The number of hydrazone groups is 1. The fourth-order valence-corrected chi connectivity index (χ4v) is 3.85. The molecule has 1 aliphatic rings. The lowest BCUT2D eigenvalue weighted by atomic mass is 9.93. The first-order valence-corrected chi connectivity index (χ1v) is 9.54. The molecule has 0 bridgehead atoms. The van der Waals surface area contributed by atoms with Crippen molar-refractivity contribution < 1.29 is 23.5 Å². The maximum atomic E-state index is 12.5. The average molecular weight is 394 g/mol. The molecule has 0 saturated carbocycles. The molecule has 150 valence electrons. The summed E-state index contributed by atoms with van der Waals surface area (Å²) in [5, 5.41) is 14.5. The number of nitrogens with one attached hydrogen (secondary N) is 1. The van der Waals surface area contributed by atoms with Gasteiger partial charge in [-0.2, -0.15) is 5.10 Å². The minimum Gasteiger partial charge on any atom is -0.475 e. The third-order valence-corrected chi connectivity index (χ3v) is 5.53. The Balaban J connectivity index is 1.55. The molecule has 7 nitrogen and oxygen atoms in total. The van der Waals surface area contributed by atoms with Crippen molar-refractivity contribution in [1.29, 1.82) is 0 Å². The molecule has 0 fully saturated rings. The first-order chi connectivity index (χ1) is 13.9. The summed E-state index contributed by atoms with van der Waals surface area (Å²) in [4.78, 5) is 23.8. The van der Waals surface area contributed by atoms with Crippen LogP contribution in [0, 0.1) is 20.8 Å². The summed E-state index contributed by atoms with van der Waals surface area (Å²) in [7, 11) is 0. The Kier molecular flexibility index (Phi) is 4.74. The van der Waals surface area contributed by atoms with Gasteiger partial charge >= 0.3 is 5.97 Å². The highest BCUT2D eigenvalue weighted by Crippen LogP contribution is 2.30. The molecular weight excluding hydrogens is 372 g/mol. The van der Waals surface area contributed by atoms with Crippen molar-refractivity contribution in [3.05, 3.63) is 57.7 Å². The number of carboxylic acids is 1. The number of amides is 1. The molecule has 29 heavy (non-hydrogen) atoms. The van der Waals surface area contributed by atoms with Crippen LogP contribution < -0.4 is 5.43 Å². The first kappa shape index (κ1) is 19.0. The Bertz CT molecular complexity index is 1170. The van der Waals surface area contributed by atoms with Gasteiger partial charge in [-0.05, 0) is 44.7 Å². The summed E-state index contributed by atoms with van der Waals surface area (Å²) in [5.74, 6) is -0.805. The fourth-order valence-electron chi connectivity index (χ4n) is 3.85. The third kappa shape index (κ3) is 3.33. The number of rotatable bonds is 4. The monoisotopic (exact) mass is 394 g/mol. The van der Waals surface area contributed by atoms with Crippen molar-refractivity contribution in [2.75, 3.05) is 0 Å². The van der Waals surface area contributed by atoms with Gasteiger partial charge in [-0.3, -0.25) is 4.79 Å². The van der Waals surface area contributed by atoms with Gasteiger partial charge in [-0.25, -0.2) is 10.2 Å². The maximum Gasteiger partial charge on any atom is 0.372 e. The van der Waals surface area contributed by atoms with Gasteiger partial charge in [0.2, 0.25) is 11.7 Å². The van der Waals surface area contributed by atoms with Crippen LogP contribution in [0.25, 0.3) is 11.0 Å². The number of fused-ring (bicyclic) bond motifs is 2. The molecule has 1 aliphatic carbocycles. The second-order valence-electron chi connectivity index (χ2n) is 7.43. The Morgan fingerprint density at radius 3 is 2.72 bits per heavy atom. The predicted octanol–water partition coefficient (Wildman–Crippen LogP) is 4.05. The van der Waals surface area contributed by atoms with Crippen molar-refractivity contribution in [2.45, 2.75) is 46.5 Å². The number of aryl methyl sites for hydroxylation is 3. The van der Waals surface area contributed by atoms with E-state index < -0.39 is 5.97 Å². The molecule has 2 aromatic heterocycles. The van der Waals surface area contributed by atoms with Gasteiger partial charge in [-0.1, -0.05) is 12.1 Å². The lowest BCUT2D eigenvalue weighted by molar-refractivity contribution is -0.120. The molecule has 0 aliphatic heterocycles. The standard InChI is InChI=1S/C22H22N2O5/c1-11-7-8-15-14(10-28-20(15)12(11)2)9-18(25)24-23-16-5-4-6-17-19(16)13(3)21(29-17)22(26)27/h7-8,10H,4-6,9H2,1-3H3,(H,24,25)(H,26,27)/b23-16+. The van der Waals surface area contributed by atoms with E-state index in [9.17, 15) is 14.7 Å². The van der Waals surface area contributed by atoms with E-state index >= 15 is 0 Å². The number of nitrogens with zero attached hydrogens (tertiary/aromatic N) is 1. The van der Waals surface area contributed by atoms with Crippen LogP contribution in [-0.4, -0.2) is 22.7 Å². The molecule has 0 spiro atoms. The minimum atomic E-state index is -1.10. The second kappa shape index (κ2) is 7.24. The smallest absolute Gasteiger partial charge is 0.372 e. The molecule has 2 N–H and O–H groups in total. The van der Waals surface area contributed by atoms with Crippen LogP contribution >= 0.6 is 0 Å². The second-order valence-corrected chi connectivity index (χ2v) is 7.43. The summed E-state index contributed by atoms with van der Waals surface area (Å²) >= 11 is 0. The van der Waals surface area contributed by atoms with Gasteiger partial charge in [0.15, 0.2) is 0 Å². The molecule has 3 aromatic rings. The van der Waals surface area contributed by atoms with Crippen LogP contribution in [-0.2, 0) is 17.6 Å². The van der Waals surface area contributed by atoms with E-state index in [0.29, 0.717) is 35.4 Å². The zero-order valence-corrected chi connectivity index (χ0v) is 16.6. The van der Waals surface area contributed by atoms with E-state index in [-0.39, 0.29) is 18.1 Å².